The first-order valence-electron chi connectivity index (χ1n) is 9.33. The summed E-state index contributed by atoms with van der Waals surface area (Å²) in [7, 11) is 0. The molecule has 142 valence electrons. The summed E-state index contributed by atoms with van der Waals surface area (Å²) in [5.41, 5.74) is 2.30. The molecule has 7 heteroatoms. The van der Waals surface area contributed by atoms with Gasteiger partial charge in [0.15, 0.2) is 0 Å². The molecule has 1 saturated heterocycles. The van der Waals surface area contributed by atoms with Gasteiger partial charge in [-0.3, -0.25) is 19.5 Å². The SMILES string of the molecule is CCCNC(=O)CN1CCN(C(=O)/C=C/c2cnc3ccccc3n2)CC1. The Hall–Kier alpha value is -2.80. The van der Waals surface area contributed by atoms with Gasteiger partial charge in [-0.25, -0.2) is 4.98 Å². The number of carbonyl (C=O) groups is 2. The largest absolute Gasteiger partial charge is 0.355 e. The van der Waals surface area contributed by atoms with E-state index in [9.17, 15) is 9.59 Å². The zero-order valence-electron chi connectivity index (χ0n) is 15.6. The molecule has 1 aliphatic heterocycles. The van der Waals surface area contributed by atoms with Crippen molar-refractivity contribution in [3.05, 3.63) is 42.2 Å². The van der Waals surface area contributed by atoms with E-state index in [-0.39, 0.29) is 11.8 Å². The molecule has 0 bridgehead atoms. The molecule has 0 aliphatic carbocycles. The van der Waals surface area contributed by atoms with Crippen LogP contribution in [0.1, 0.15) is 19.0 Å². The molecule has 27 heavy (non-hydrogen) atoms. The molecule has 7 nitrogen and oxygen atoms in total. The molecule has 3 rings (SSSR count). The summed E-state index contributed by atoms with van der Waals surface area (Å²) in [6, 6.07) is 7.64. The Bertz CT molecular complexity index is 828. The lowest BCUT2D eigenvalue weighted by atomic mass is 10.2. The highest BCUT2D eigenvalue weighted by Crippen LogP contribution is 2.10. The highest BCUT2D eigenvalue weighted by atomic mass is 16.2. The van der Waals surface area contributed by atoms with Gasteiger partial charge in [0.2, 0.25) is 11.8 Å². The van der Waals surface area contributed by atoms with Crippen molar-refractivity contribution >= 4 is 28.9 Å². The fourth-order valence-electron chi connectivity index (χ4n) is 2.96. The second-order valence-electron chi connectivity index (χ2n) is 6.57. The molecule has 0 saturated carbocycles. The Morgan fingerprint density at radius 3 is 2.63 bits per heavy atom. The average molecular weight is 367 g/mol. The van der Waals surface area contributed by atoms with Gasteiger partial charge in [-0.05, 0) is 24.6 Å². The minimum atomic E-state index is -0.0416. The van der Waals surface area contributed by atoms with Crippen molar-refractivity contribution in [2.24, 2.45) is 0 Å². The number of piperazine rings is 1. The summed E-state index contributed by atoms with van der Waals surface area (Å²) in [5, 5.41) is 2.88. The molecule has 1 fully saturated rings. The molecular formula is C20H25N5O2. The number of para-hydroxylation sites is 2. The number of nitrogens with zero attached hydrogens (tertiary/aromatic N) is 4. The third kappa shape index (κ3) is 5.34. The summed E-state index contributed by atoms with van der Waals surface area (Å²) < 4.78 is 0. The number of hydrogen-bond donors (Lipinski definition) is 1. The minimum absolute atomic E-state index is 0.0416. The summed E-state index contributed by atoms with van der Waals surface area (Å²) >= 11 is 0. The van der Waals surface area contributed by atoms with Crippen LogP contribution in [0.4, 0.5) is 0 Å². The van der Waals surface area contributed by atoms with E-state index in [1.54, 1.807) is 23.2 Å². The van der Waals surface area contributed by atoms with Crippen molar-refractivity contribution in [2.75, 3.05) is 39.3 Å². The third-order valence-corrected chi connectivity index (χ3v) is 4.49. The number of amides is 2. The van der Waals surface area contributed by atoms with Crippen molar-refractivity contribution in [1.82, 2.24) is 25.1 Å². The number of rotatable bonds is 6. The Morgan fingerprint density at radius 1 is 1.15 bits per heavy atom. The van der Waals surface area contributed by atoms with E-state index in [0.29, 0.717) is 45.0 Å². The predicted molar refractivity (Wildman–Crippen MR) is 105 cm³/mol. The molecule has 1 aliphatic rings. The molecule has 1 aromatic carbocycles. The quantitative estimate of drug-likeness (QED) is 0.779. The smallest absolute Gasteiger partial charge is 0.246 e. The van der Waals surface area contributed by atoms with Gasteiger partial charge in [0.05, 0.1) is 29.5 Å². The van der Waals surface area contributed by atoms with E-state index in [2.05, 4.69) is 20.2 Å². The van der Waals surface area contributed by atoms with Gasteiger partial charge >= 0.3 is 0 Å². The summed E-state index contributed by atoms with van der Waals surface area (Å²) in [5.74, 6) is 0.00597. The maximum atomic E-state index is 12.4. The highest BCUT2D eigenvalue weighted by Gasteiger charge is 2.21. The van der Waals surface area contributed by atoms with Crippen LogP contribution in [0.3, 0.4) is 0 Å². The predicted octanol–water partition coefficient (Wildman–Crippen LogP) is 1.31. The lowest BCUT2D eigenvalue weighted by molar-refractivity contribution is -0.128. The van der Waals surface area contributed by atoms with Crippen molar-refractivity contribution in [2.45, 2.75) is 13.3 Å². The Kier molecular flexibility index (Phi) is 6.49. The van der Waals surface area contributed by atoms with Crippen molar-refractivity contribution in [1.29, 1.82) is 0 Å². The standard InChI is InChI=1S/C20H25N5O2/c1-2-9-21-19(26)15-24-10-12-25(13-11-24)20(27)8-7-16-14-22-17-5-3-4-6-18(17)23-16/h3-8,14H,2,9-13,15H2,1H3,(H,21,26)/b8-7+. The molecule has 2 heterocycles. The van der Waals surface area contributed by atoms with Gasteiger partial charge in [0.1, 0.15) is 0 Å². The monoisotopic (exact) mass is 367 g/mol. The summed E-state index contributed by atoms with van der Waals surface area (Å²) in [6.07, 6.45) is 5.84. The molecule has 0 atom stereocenters. The molecule has 1 N–H and O–H groups in total. The van der Waals surface area contributed by atoms with E-state index in [1.165, 1.54) is 0 Å². The van der Waals surface area contributed by atoms with Crippen LogP contribution in [0.5, 0.6) is 0 Å². The molecule has 0 radical (unpaired) electrons. The number of hydrogen-bond acceptors (Lipinski definition) is 5. The van der Waals surface area contributed by atoms with Crippen molar-refractivity contribution in [3.8, 4) is 0 Å². The minimum Gasteiger partial charge on any atom is -0.355 e. The van der Waals surface area contributed by atoms with Gasteiger partial charge in [-0.2, -0.15) is 0 Å². The maximum absolute atomic E-state index is 12.4. The van der Waals surface area contributed by atoms with Crippen LogP contribution in [0, 0.1) is 0 Å². The number of nitrogens with one attached hydrogen (secondary N) is 1. The van der Waals surface area contributed by atoms with Crippen molar-refractivity contribution in [3.63, 3.8) is 0 Å². The van der Waals surface area contributed by atoms with Gasteiger partial charge in [0, 0.05) is 38.8 Å². The van der Waals surface area contributed by atoms with E-state index in [1.807, 2.05) is 31.2 Å². The van der Waals surface area contributed by atoms with Gasteiger partial charge in [0.25, 0.3) is 0 Å². The van der Waals surface area contributed by atoms with Crippen LogP contribution in [-0.4, -0.2) is 70.9 Å². The molecular weight excluding hydrogens is 342 g/mol. The van der Waals surface area contributed by atoms with Crippen LogP contribution in [0.15, 0.2) is 36.5 Å². The van der Waals surface area contributed by atoms with Crippen molar-refractivity contribution < 1.29 is 9.59 Å². The zero-order chi connectivity index (χ0) is 19.1. The molecule has 0 spiro atoms. The van der Waals surface area contributed by atoms with E-state index in [0.717, 1.165) is 17.5 Å². The average Bonchev–Trinajstić information content (AvgIpc) is 2.71. The Labute approximate surface area is 159 Å². The van der Waals surface area contributed by atoms with Gasteiger partial charge < -0.3 is 10.2 Å². The highest BCUT2D eigenvalue weighted by molar-refractivity contribution is 5.91. The maximum Gasteiger partial charge on any atom is 0.246 e. The third-order valence-electron chi connectivity index (χ3n) is 4.49. The van der Waals surface area contributed by atoms with Crippen LogP contribution >= 0.6 is 0 Å². The first-order valence-corrected chi connectivity index (χ1v) is 9.33. The summed E-state index contributed by atoms with van der Waals surface area (Å²) in [4.78, 5) is 36.9. The van der Waals surface area contributed by atoms with Crippen LogP contribution < -0.4 is 5.32 Å². The Balaban J connectivity index is 1.50. The second kappa shape index (κ2) is 9.23. The molecule has 2 aromatic rings. The molecule has 2 amide bonds. The Morgan fingerprint density at radius 2 is 1.89 bits per heavy atom. The fraction of sp³-hybridized carbons (Fsp3) is 0.400. The lowest BCUT2D eigenvalue weighted by Crippen LogP contribution is -2.50. The van der Waals surface area contributed by atoms with Crippen LogP contribution in [-0.2, 0) is 9.59 Å². The number of carbonyl (C=O) groups excluding carboxylic acids is 2. The van der Waals surface area contributed by atoms with Gasteiger partial charge in [-0.15, -0.1) is 0 Å². The van der Waals surface area contributed by atoms with Crippen LogP contribution in [0.2, 0.25) is 0 Å². The van der Waals surface area contributed by atoms with Gasteiger partial charge in [-0.1, -0.05) is 19.1 Å². The first-order chi connectivity index (χ1) is 13.2. The molecule has 0 unspecified atom stereocenters. The second-order valence-corrected chi connectivity index (χ2v) is 6.57. The van der Waals surface area contributed by atoms with E-state index in [4.69, 9.17) is 0 Å². The zero-order valence-corrected chi connectivity index (χ0v) is 15.6. The molecule has 1 aromatic heterocycles. The topological polar surface area (TPSA) is 78.4 Å². The summed E-state index contributed by atoms with van der Waals surface area (Å²) in [6.45, 7) is 5.77. The number of fused-ring (bicyclic) bond motifs is 1. The van der Waals surface area contributed by atoms with E-state index < -0.39 is 0 Å². The lowest BCUT2D eigenvalue weighted by Gasteiger charge is -2.33. The van der Waals surface area contributed by atoms with E-state index >= 15 is 0 Å². The van der Waals surface area contributed by atoms with Crippen LogP contribution in [0.25, 0.3) is 17.1 Å². The first kappa shape index (κ1) is 19.0. The fourth-order valence-corrected chi connectivity index (χ4v) is 2.96. The normalized spacial score (nSPS) is 15.4. The number of aromatic nitrogens is 2. The number of benzene rings is 1.